The Balaban J connectivity index is 1.77. The molecule has 190 valence electrons. The highest BCUT2D eigenvalue weighted by atomic mass is 35.5. The summed E-state index contributed by atoms with van der Waals surface area (Å²) in [5, 5.41) is 3.67. The lowest BCUT2D eigenvalue weighted by Gasteiger charge is -2.32. The predicted molar refractivity (Wildman–Crippen MR) is 145 cm³/mol. The molecule has 36 heavy (non-hydrogen) atoms. The van der Waals surface area contributed by atoms with E-state index in [4.69, 9.17) is 16.3 Å². The summed E-state index contributed by atoms with van der Waals surface area (Å²) in [5.41, 5.74) is 3.14. The molecule has 6 heteroatoms. The molecule has 1 N–H and O–H groups in total. The van der Waals surface area contributed by atoms with Crippen molar-refractivity contribution in [1.82, 2.24) is 10.2 Å². The van der Waals surface area contributed by atoms with Crippen LogP contribution in [0.2, 0.25) is 5.02 Å². The molecule has 3 aromatic carbocycles. The number of hydrogen-bond acceptors (Lipinski definition) is 3. The second-order valence-electron chi connectivity index (χ2n) is 9.28. The molecule has 1 atom stereocenters. The number of ether oxygens (including phenoxy) is 1. The van der Waals surface area contributed by atoms with E-state index in [1.165, 1.54) is 0 Å². The highest BCUT2D eigenvalue weighted by molar-refractivity contribution is 6.30. The molecule has 0 radical (unpaired) electrons. The lowest BCUT2D eigenvalue weighted by molar-refractivity contribution is -0.141. The molecule has 0 saturated carbocycles. The zero-order valence-electron chi connectivity index (χ0n) is 21.2. The van der Waals surface area contributed by atoms with E-state index < -0.39 is 6.04 Å². The van der Waals surface area contributed by atoms with Crippen molar-refractivity contribution in [3.8, 4) is 5.75 Å². The first-order valence-corrected chi connectivity index (χ1v) is 12.8. The Labute approximate surface area is 219 Å². The third-order valence-electron chi connectivity index (χ3n) is 5.79. The molecular formula is C30H35ClN2O3. The first kappa shape index (κ1) is 27.3. The second kappa shape index (κ2) is 13.7. The quantitative estimate of drug-likeness (QED) is 0.308. The Bertz CT molecular complexity index is 1100. The van der Waals surface area contributed by atoms with E-state index in [1.807, 2.05) is 75.4 Å². The molecule has 0 aliphatic carbocycles. The molecule has 2 amide bonds. The van der Waals surface area contributed by atoms with Crippen molar-refractivity contribution in [2.75, 3.05) is 6.61 Å². The van der Waals surface area contributed by atoms with Crippen LogP contribution in [0.25, 0.3) is 0 Å². The van der Waals surface area contributed by atoms with Gasteiger partial charge in [-0.1, -0.05) is 71.8 Å². The van der Waals surface area contributed by atoms with E-state index in [-0.39, 0.29) is 24.3 Å². The molecule has 0 bridgehead atoms. The zero-order chi connectivity index (χ0) is 25.9. The van der Waals surface area contributed by atoms with Gasteiger partial charge in [-0.05, 0) is 62.6 Å². The molecule has 3 aromatic rings. The molecule has 0 spiro atoms. The van der Waals surface area contributed by atoms with Gasteiger partial charge < -0.3 is 15.0 Å². The lowest BCUT2D eigenvalue weighted by atomic mass is 10.0. The molecule has 0 heterocycles. The normalized spacial score (nSPS) is 11.7. The van der Waals surface area contributed by atoms with Crippen molar-refractivity contribution < 1.29 is 14.3 Å². The summed E-state index contributed by atoms with van der Waals surface area (Å²) in [5.74, 6) is 0.489. The molecule has 5 nitrogen and oxygen atoms in total. The van der Waals surface area contributed by atoms with Gasteiger partial charge in [0, 0.05) is 30.5 Å². The summed E-state index contributed by atoms with van der Waals surface area (Å²) in [6, 6.07) is 24.4. The maximum absolute atomic E-state index is 13.6. The first-order valence-electron chi connectivity index (χ1n) is 12.4. The standard InChI is InChI=1S/C30H35ClN2O3/c1-22(2)32-30(35)28(20-24-8-5-4-6-9-24)33(21-25-13-11-23(3)12-14-25)29(34)10-7-19-36-27-17-15-26(31)16-18-27/h4-6,8-9,11-18,22,28H,7,10,19-21H2,1-3H3,(H,32,35)/t28-/m0/s1. The maximum atomic E-state index is 13.6. The number of hydrogen-bond donors (Lipinski definition) is 1. The minimum Gasteiger partial charge on any atom is -0.494 e. The second-order valence-corrected chi connectivity index (χ2v) is 9.72. The van der Waals surface area contributed by atoms with Crippen molar-refractivity contribution >= 4 is 23.4 Å². The van der Waals surface area contributed by atoms with Crippen molar-refractivity contribution in [3.63, 3.8) is 0 Å². The molecule has 0 aliphatic rings. The molecule has 0 unspecified atom stereocenters. The van der Waals surface area contributed by atoms with Crippen LogP contribution in [0.15, 0.2) is 78.9 Å². The monoisotopic (exact) mass is 506 g/mol. The third-order valence-corrected chi connectivity index (χ3v) is 6.04. The van der Waals surface area contributed by atoms with Crippen LogP contribution in [-0.2, 0) is 22.6 Å². The van der Waals surface area contributed by atoms with Gasteiger partial charge in [-0.15, -0.1) is 0 Å². The van der Waals surface area contributed by atoms with Crippen molar-refractivity contribution in [2.24, 2.45) is 0 Å². The smallest absolute Gasteiger partial charge is 0.243 e. The minimum atomic E-state index is -0.624. The topological polar surface area (TPSA) is 58.6 Å². The minimum absolute atomic E-state index is 0.0279. The van der Waals surface area contributed by atoms with Crippen LogP contribution in [-0.4, -0.2) is 35.4 Å². The van der Waals surface area contributed by atoms with Gasteiger partial charge in [0.15, 0.2) is 0 Å². The van der Waals surface area contributed by atoms with Gasteiger partial charge in [-0.25, -0.2) is 0 Å². The van der Waals surface area contributed by atoms with E-state index in [0.717, 1.165) is 16.7 Å². The number of nitrogens with one attached hydrogen (secondary N) is 1. The van der Waals surface area contributed by atoms with E-state index in [1.54, 1.807) is 29.2 Å². The average Bonchev–Trinajstić information content (AvgIpc) is 2.86. The Kier molecular flexibility index (Phi) is 10.4. The molecule has 3 rings (SSSR count). The zero-order valence-corrected chi connectivity index (χ0v) is 22.0. The van der Waals surface area contributed by atoms with Gasteiger partial charge in [0.25, 0.3) is 0 Å². The van der Waals surface area contributed by atoms with Crippen LogP contribution >= 0.6 is 11.6 Å². The van der Waals surface area contributed by atoms with E-state index in [9.17, 15) is 9.59 Å². The van der Waals surface area contributed by atoms with E-state index in [2.05, 4.69) is 5.32 Å². The molecule has 0 aromatic heterocycles. The van der Waals surface area contributed by atoms with Gasteiger partial charge in [0.2, 0.25) is 11.8 Å². The van der Waals surface area contributed by atoms with Gasteiger partial charge in [-0.3, -0.25) is 9.59 Å². The molecule has 0 saturated heterocycles. The Morgan fingerprint density at radius 2 is 1.58 bits per heavy atom. The summed E-state index contributed by atoms with van der Waals surface area (Å²) in [6.07, 6.45) is 1.26. The maximum Gasteiger partial charge on any atom is 0.243 e. The van der Waals surface area contributed by atoms with Gasteiger partial charge in [0.1, 0.15) is 11.8 Å². The first-order chi connectivity index (χ1) is 17.3. The van der Waals surface area contributed by atoms with Gasteiger partial charge in [0.05, 0.1) is 6.61 Å². The third kappa shape index (κ3) is 8.72. The number of nitrogens with zero attached hydrogens (tertiary/aromatic N) is 1. The van der Waals surface area contributed by atoms with Crippen molar-refractivity contribution in [3.05, 3.63) is 101 Å². The van der Waals surface area contributed by atoms with Crippen LogP contribution in [0.4, 0.5) is 0 Å². The Morgan fingerprint density at radius 1 is 0.917 bits per heavy atom. The van der Waals surface area contributed by atoms with E-state index >= 15 is 0 Å². The van der Waals surface area contributed by atoms with Crippen LogP contribution in [0, 0.1) is 6.92 Å². The highest BCUT2D eigenvalue weighted by Crippen LogP contribution is 2.18. The number of carbonyl (C=O) groups excluding carboxylic acids is 2. The van der Waals surface area contributed by atoms with Crippen molar-refractivity contribution in [1.29, 1.82) is 0 Å². The number of halogens is 1. The highest BCUT2D eigenvalue weighted by Gasteiger charge is 2.30. The summed E-state index contributed by atoms with van der Waals surface area (Å²) < 4.78 is 5.77. The Hall–Kier alpha value is -3.31. The predicted octanol–water partition coefficient (Wildman–Crippen LogP) is 5.97. The number of benzene rings is 3. The van der Waals surface area contributed by atoms with Gasteiger partial charge >= 0.3 is 0 Å². The SMILES string of the molecule is Cc1ccc(CN(C(=O)CCCOc2ccc(Cl)cc2)[C@@H](Cc2ccccc2)C(=O)NC(C)C)cc1. The molecular weight excluding hydrogens is 472 g/mol. The fraction of sp³-hybridized carbons (Fsp3) is 0.333. The van der Waals surface area contributed by atoms with Crippen LogP contribution in [0.1, 0.15) is 43.4 Å². The number of aryl methyl sites for hydroxylation is 1. The lowest BCUT2D eigenvalue weighted by Crippen LogP contribution is -2.51. The average molecular weight is 507 g/mol. The fourth-order valence-corrected chi connectivity index (χ4v) is 4.04. The van der Waals surface area contributed by atoms with Crippen molar-refractivity contribution in [2.45, 2.75) is 58.7 Å². The summed E-state index contributed by atoms with van der Waals surface area (Å²) in [7, 11) is 0. The number of rotatable bonds is 12. The van der Waals surface area contributed by atoms with Crippen LogP contribution in [0.5, 0.6) is 5.75 Å². The fourth-order valence-electron chi connectivity index (χ4n) is 3.91. The van der Waals surface area contributed by atoms with Crippen LogP contribution in [0.3, 0.4) is 0 Å². The summed E-state index contributed by atoms with van der Waals surface area (Å²) >= 11 is 5.93. The molecule has 0 fully saturated rings. The largest absolute Gasteiger partial charge is 0.494 e. The summed E-state index contributed by atoms with van der Waals surface area (Å²) in [6.45, 7) is 6.64. The van der Waals surface area contributed by atoms with Crippen LogP contribution < -0.4 is 10.1 Å². The Morgan fingerprint density at radius 3 is 2.22 bits per heavy atom. The number of carbonyl (C=O) groups is 2. The van der Waals surface area contributed by atoms with Gasteiger partial charge in [-0.2, -0.15) is 0 Å². The van der Waals surface area contributed by atoms with E-state index in [0.29, 0.717) is 36.8 Å². The molecule has 0 aliphatic heterocycles. The number of amides is 2. The summed E-state index contributed by atoms with van der Waals surface area (Å²) in [4.78, 5) is 28.6.